The topological polar surface area (TPSA) is 8.81 Å². The number of rotatable bonds is 4. The molecule has 0 spiro atoms. The first kappa shape index (κ1) is 20.4. The standard InChI is InChI=1S/C26H35N2/c1-16(2)22-11-10-12-23(17(3)4)26(22)28-21(8)13-19(6)25(28)24-14-18(5)20(7)15-27(24)9/h10-17H,1-9H3/q+1. The first-order valence-corrected chi connectivity index (χ1v) is 10.4. The highest BCUT2D eigenvalue weighted by molar-refractivity contribution is 5.66. The van der Waals surface area contributed by atoms with Crippen molar-refractivity contribution in [1.82, 2.24) is 4.57 Å². The van der Waals surface area contributed by atoms with E-state index in [2.05, 4.69) is 108 Å². The van der Waals surface area contributed by atoms with Gasteiger partial charge in [-0.15, -0.1) is 0 Å². The summed E-state index contributed by atoms with van der Waals surface area (Å²) >= 11 is 0. The lowest BCUT2D eigenvalue weighted by Crippen LogP contribution is -2.32. The van der Waals surface area contributed by atoms with E-state index in [1.807, 2.05) is 0 Å². The zero-order chi connectivity index (χ0) is 20.7. The van der Waals surface area contributed by atoms with Gasteiger partial charge in [0.25, 0.3) is 0 Å². The minimum absolute atomic E-state index is 0.470. The highest BCUT2D eigenvalue weighted by Crippen LogP contribution is 2.37. The van der Waals surface area contributed by atoms with Crippen LogP contribution in [0, 0.1) is 27.7 Å². The third kappa shape index (κ3) is 3.41. The third-order valence-electron chi connectivity index (χ3n) is 5.93. The van der Waals surface area contributed by atoms with Gasteiger partial charge in [0.05, 0.1) is 5.69 Å². The largest absolute Gasteiger partial charge is 0.308 e. The Morgan fingerprint density at radius 3 is 1.89 bits per heavy atom. The quantitative estimate of drug-likeness (QED) is 0.463. The molecule has 0 amide bonds. The van der Waals surface area contributed by atoms with E-state index in [1.165, 1.54) is 50.6 Å². The lowest BCUT2D eigenvalue weighted by Gasteiger charge is -2.23. The molecule has 0 aliphatic rings. The lowest BCUT2D eigenvalue weighted by atomic mass is 9.92. The molecule has 0 fully saturated rings. The number of para-hydroxylation sites is 1. The van der Waals surface area contributed by atoms with Crippen LogP contribution in [0.2, 0.25) is 0 Å². The number of aromatic nitrogens is 2. The van der Waals surface area contributed by atoms with Crippen LogP contribution in [-0.4, -0.2) is 4.57 Å². The molecule has 2 heterocycles. The normalized spacial score (nSPS) is 11.7. The van der Waals surface area contributed by atoms with E-state index in [1.54, 1.807) is 0 Å². The van der Waals surface area contributed by atoms with Crippen LogP contribution < -0.4 is 4.57 Å². The van der Waals surface area contributed by atoms with E-state index < -0.39 is 0 Å². The molecule has 0 bridgehead atoms. The van der Waals surface area contributed by atoms with Gasteiger partial charge in [0.1, 0.15) is 12.7 Å². The molecule has 0 aliphatic carbocycles. The molecule has 28 heavy (non-hydrogen) atoms. The van der Waals surface area contributed by atoms with Gasteiger partial charge < -0.3 is 4.57 Å². The SMILES string of the molecule is Cc1cc(-c2c(C)cc(C)n2-c2c(C(C)C)cccc2C(C)C)[n+](C)cc1C. The van der Waals surface area contributed by atoms with E-state index in [0.717, 1.165) is 0 Å². The Kier molecular flexibility index (Phi) is 5.52. The Hall–Kier alpha value is -2.35. The maximum atomic E-state index is 2.50. The summed E-state index contributed by atoms with van der Waals surface area (Å²) in [5.41, 5.74) is 12.0. The maximum Gasteiger partial charge on any atom is 0.229 e. The highest BCUT2D eigenvalue weighted by atomic mass is 15.0. The monoisotopic (exact) mass is 375 g/mol. The summed E-state index contributed by atoms with van der Waals surface area (Å²) in [7, 11) is 2.16. The summed E-state index contributed by atoms with van der Waals surface area (Å²) in [5.74, 6) is 0.939. The van der Waals surface area contributed by atoms with Crippen LogP contribution in [0.4, 0.5) is 0 Å². The number of hydrogen-bond donors (Lipinski definition) is 0. The summed E-state index contributed by atoms with van der Waals surface area (Å²) in [6, 6.07) is 11.5. The molecule has 2 aromatic heterocycles. The van der Waals surface area contributed by atoms with Gasteiger partial charge in [0, 0.05) is 17.3 Å². The number of benzene rings is 1. The Morgan fingerprint density at radius 1 is 0.786 bits per heavy atom. The van der Waals surface area contributed by atoms with Crippen molar-refractivity contribution in [3.05, 3.63) is 70.0 Å². The van der Waals surface area contributed by atoms with Crippen molar-refractivity contribution in [2.75, 3.05) is 0 Å². The molecule has 0 atom stereocenters. The van der Waals surface area contributed by atoms with Crippen LogP contribution in [0.5, 0.6) is 0 Å². The van der Waals surface area contributed by atoms with Gasteiger partial charge in [-0.2, -0.15) is 4.57 Å². The van der Waals surface area contributed by atoms with Gasteiger partial charge in [-0.3, -0.25) is 0 Å². The van der Waals surface area contributed by atoms with Crippen molar-refractivity contribution < 1.29 is 4.57 Å². The van der Waals surface area contributed by atoms with Crippen molar-refractivity contribution in [1.29, 1.82) is 0 Å². The molecular weight excluding hydrogens is 340 g/mol. The fourth-order valence-electron chi connectivity index (χ4n) is 4.29. The van der Waals surface area contributed by atoms with Crippen molar-refractivity contribution in [3.63, 3.8) is 0 Å². The third-order valence-corrected chi connectivity index (χ3v) is 5.93. The minimum Gasteiger partial charge on any atom is -0.308 e. The first-order chi connectivity index (χ1) is 13.1. The zero-order valence-corrected chi connectivity index (χ0v) is 19.0. The summed E-state index contributed by atoms with van der Waals surface area (Å²) in [6.45, 7) is 18.0. The van der Waals surface area contributed by atoms with Gasteiger partial charge in [0.15, 0.2) is 6.20 Å². The molecule has 2 heteroatoms. The predicted molar refractivity (Wildman–Crippen MR) is 120 cm³/mol. The number of hydrogen-bond acceptors (Lipinski definition) is 0. The van der Waals surface area contributed by atoms with Gasteiger partial charge in [-0.05, 0) is 67.9 Å². The lowest BCUT2D eigenvalue weighted by molar-refractivity contribution is -0.661. The molecule has 2 nitrogen and oxygen atoms in total. The molecule has 0 saturated heterocycles. The van der Waals surface area contributed by atoms with Gasteiger partial charge in [-0.1, -0.05) is 45.9 Å². The van der Waals surface area contributed by atoms with Gasteiger partial charge >= 0.3 is 0 Å². The van der Waals surface area contributed by atoms with Crippen LogP contribution in [0.1, 0.15) is 73.0 Å². The number of nitrogens with zero attached hydrogens (tertiary/aromatic N) is 2. The van der Waals surface area contributed by atoms with Crippen molar-refractivity contribution in [3.8, 4) is 17.1 Å². The molecule has 3 aromatic rings. The molecule has 1 aromatic carbocycles. The Labute approximate surface area is 170 Å². The van der Waals surface area contributed by atoms with Crippen LogP contribution in [0.15, 0.2) is 36.5 Å². The van der Waals surface area contributed by atoms with Gasteiger partial charge in [-0.25, -0.2) is 0 Å². The van der Waals surface area contributed by atoms with Crippen LogP contribution in [0.3, 0.4) is 0 Å². The van der Waals surface area contributed by atoms with Crippen molar-refractivity contribution in [2.45, 2.75) is 67.2 Å². The second-order valence-corrected chi connectivity index (χ2v) is 8.88. The highest BCUT2D eigenvalue weighted by Gasteiger charge is 2.25. The zero-order valence-electron chi connectivity index (χ0n) is 19.0. The molecular formula is C26H35N2+. The molecule has 0 aliphatic heterocycles. The molecule has 0 unspecified atom stereocenters. The molecule has 0 radical (unpaired) electrons. The average Bonchev–Trinajstić information content (AvgIpc) is 2.90. The second-order valence-electron chi connectivity index (χ2n) is 8.88. The number of pyridine rings is 1. The smallest absolute Gasteiger partial charge is 0.229 e. The summed E-state index contributed by atoms with van der Waals surface area (Å²) in [5, 5.41) is 0. The minimum atomic E-state index is 0.470. The first-order valence-electron chi connectivity index (χ1n) is 10.4. The fraction of sp³-hybridized carbons (Fsp3) is 0.423. The molecule has 0 N–H and O–H groups in total. The summed E-state index contributed by atoms with van der Waals surface area (Å²) in [4.78, 5) is 0. The van der Waals surface area contributed by atoms with Crippen LogP contribution in [0.25, 0.3) is 17.1 Å². The van der Waals surface area contributed by atoms with E-state index in [-0.39, 0.29) is 0 Å². The molecule has 148 valence electrons. The van der Waals surface area contributed by atoms with E-state index in [0.29, 0.717) is 11.8 Å². The van der Waals surface area contributed by atoms with Crippen LogP contribution in [-0.2, 0) is 7.05 Å². The van der Waals surface area contributed by atoms with Gasteiger partial charge in [0.2, 0.25) is 5.69 Å². The molecule has 0 saturated carbocycles. The van der Waals surface area contributed by atoms with E-state index in [4.69, 9.17) is 0 Å². The maximum absolute atomic E-state index is 2.50. The summed E-state index contributed by atoms with van der Waals surface area (Å²) in [6.07, 6.45) is 2.24. The van der Waals surface area contributed by atoms with E-state index >= 15 is 0 Å². The Balaban J connectivity index is 2.43. The van der Waals surface area contributed by atoms with E-state index in [9.17, 15) is 0 Å². The fourth-order valence-corrected chi connectivity index (χ4v) is 4.29. The van der Waals surface area contributed by atoms with Crippen molar-refractivity contribution >= 4 is 0 Å². The molecule has 3 rings (SSSR count). The predicted octanol–water partition coefficient (Wildman–Crippen LogP) is 6.45. The Bertz CT molecular complexity index is 993. The number of aryl methyl sites for hydroxylation is 5. The van der Waals surface area contributed by atoms with Crippen LogP contribution >= 0.6 is 0 Å². The summed E-state index contributed by atoms with van der Waals surface area (Å²) < 4.78 is 4.78. The second kappa shape index (κ2) is 7.58. The Morgan fingerprint density at radius 2 is 1.36 bits per heavy atom. The average molecular weight is 376 g/mol. The van der Waals surface area contributed by atoms with Crippen molar-refractivity contribution in [2.24, 2.45) is 7.05 Å².